The van der Waals surface area contributed by atoms with Crippen LogP contribution in [0.3, 0.4) is 0 Å². The van der Waals surface area contributed by atoms with Gasteiger partial charge in [-0.25, -0.2) is 4.79 Å². The van der Waals surface area contributed by atoms with Crippen molar-refractivity contribution >= 4 is 5.97 Å². The van der Waals surface area contributed by atoms with Crippen LogP contribution in [0.5, 0.6) is 0 Å². The Bertz CT molecular complexity index is 191. The van der Waals surface area contributed by atoms with Crippen LogP contribution in [-0.2, 0) is 4.79 Å². The highest BCUT2D eigenvalue weighted by atomic mass is 16.4. The van der Waals surface area contributed by atoms with Crippen molar-refractivity contribution in [2.75, 3.05) is 39.3 Å². The van der Waals surface area contributed by atoms with E-state index >= 15 is 0 Å². The van der Waals surface area contributed by atoms with Gasteiger partial charge in [0.05, 0.1) is 0 Å². The van der Waals surface area contributed by atoms with E-state index in [1.807, 2.05) is 0 Å². The summed E-state index contributed by atoms with van der Waals surface area (Å²) in [5, 5.41) is 11.0. The molecular weight excluding hydrogens is 236 g/mol. The zero-order chi connectivity index (χ0) is 14.8. The lowest BCUT2D eigenvalue weighted by Gasteiger charge is -1.96. The molecule has 0 aromatic carbocycles. The summed E-state index contributed by atoms with van der Waals surface area (Å²) in [5.41, 5.74) is 32.0. The van der Waals surface area contributed by atoms with E-state index in [4.69, 9.17) is 33.8 Å². The molecule has 0 spiro atoms. The number of hydrogen-bond acceptors (Lipinski definition) is 2. The Kier molecular flexibility index (Phi) is 25.9. The first-order chi connectivity index (χ1) is 8.51. The second-order valence-corrected chi connectivity index (χ2v) is 2.84. The molecule has 0 rings (SSSR count). The van der Waals surface area contributed by atoms with E-state index in [0.717, 1.165) is 0 Å². The largest absolute Gasteiger partial charge is 0.478 e. The highest BCUT2D eigenvalue weighted by Crippen LogP contribution is 1.87. The van der Waals surface area contributed by atoms with Gasteiger partial charge >= 0.3 is 5.97 Å². The van der Waals surface area contributed by atoms with Gasteiger partial charge in [0.25, 0.3) is 0 Å². The Hall–Kier alpha value is -1.19. The zero-order valence-corrected chi connectivity index (χ0v) is 10.7. The number of rotatable bonds is 6. The minimum absolute atomic E-state index is 0.236. The van der Waals surface area contributed by atoms with E-state index in [1.54, 1.807) is 0 Å². The fraction of sp³-hybridized carbons (Fsp3) is 0.700. The van der Waals surface area contributed by atoms with Crippen LogP contribution < -0.4 is 34.0 Å². The zero-order valence-electron chi connectivity index (χ0n) is 10.7. The minimum atomic E-state index is -0.933. The SMILES string of the molecule is CC(=CNCC[NH])C(=O)O.[NH]CC[NH].[NH]CC[NH]. The van der Waals surface area contributed by atoms with E-state index in [2.05, 4.69) is 5.32 Å². The number of carboxylic acids is 1. The first-order valence-corrected chi connectivity index (χ1v) is 5.38. The predicted molar refractivity (Wildman–Crippen MR) is 69.2 cm³/mol. The van der Waals surface area contributed by atoms with Crippen molar-refractivity contribution in [2.24, 2.45) is 0 Å². The molecule has 18 heavy (non-hydrogen) atoms. The van der Waals surface area contributed by atoms with Crippen LogP contribution in [-0.4, -0.2) is 50.3 Å². The van der Waals surface area contributed by atoms with Gasteiger partial charge in [0.15, 0.2) is 0 Å². The molecular formula is C10H23N6O2. The maximum absolute atomic E-state index is 10.1. The van der Waals surface area contributed by atoms with Crippen molar-refractivity contribution in [1.29, 1.82) is 0 Å². The highest BCUT2D eigenvalue weighted by molar-refractivity contribution is 5.85. The molecule has 0 aromatic rings. The van der Waals surface area contributed by atoms with E-state index in [9.17, 15) is 4.79 Å². The van der Waals surface area contributed by atoms with Gasteiger partial charge in [-0.2, -0.15) is 0 Å². The Labute approximate surface area is 109 Å². The Morgan fingerprint density at radius 2 is 1.39 bits per heavy atom. The molecule has 0 unspecified atom stereocenters. The van der Waals surface area contributed by atoms with Gasteiger partial charge in [0, 0.05) is 51.0 Å². The van der Waals surface area contributed by atoms with Crippen LogP contribution in [0.25, 0.3) is 0 Å². The van der Waals surface area contributed by atoms with Gasteiger partial charge in [-0.15, -0.1) is 0 Å². The van der Waals surface area contributed by atoms with Crippen molar-refractivity contribution in [2.45, 2.75) is 6.92 Å². The fourth-order valence-corrected chi connectivity index (χ4v) is 0.359. The summed E-state index contributed by atoms with van der Waals surface area (Å²) in [5.74, 6) is -0.933. The van der Waals surface area contributed by atoms with Gasteiger partial charge in [-0.3, -0.25) is 28.7 Å². The lowest BCUT2D eigenvalue weighted by molar-refractivity contribution is -0.132. The number of carboxylic acid groups (broad SMARTS) is 1. The molecule has 0 aromatic heterocycles. The Balaban J connectivity index is -0.000000233. The van der Waals surface area contributed by atoms with Crippen LogP contribution in [0.1, 0.15) is 6.92 Å². The molecule has 0 fully saturated rings. The average molecular weight is 259 g/mol. The van der Waals surface area contributed by atoms with Crippen LogP contribution in [0.4, 0.5) is 0 Å². The van der Waals surface area contributed by atoms with Crippen molar-refractivity contribution < 1.29 is 9.90 Å². The monoisotopic (exact) mass is 259 g/mol. The summed E-state index contributed by atoms with van der Waals surface area (Å²) in [6.45, 7) is 3.19. The third-order valence-electron chi connectivity index (χ3n) is 1.18. The van der Waals surface area contributed by atoms with Gasteiger partial charge in [-0.05, 0) is 6.92 Å². The maximum atomic E-state index is 10.1. The lowest BCUT2D eigenvalue weighted by atomic mass is 10.3. The third kappa shape index (κ3) is 29.3. The standard InChI is InChI=1S/C6H11N2O2.2C2H6N2/c1-5(6(9)10)4-8-3-2-7;2*3-1-2-4/h4,7-8H,2-3H2,1H3,(H,9,10);2*3-4H,1-2H2. The molecule has 0 heterocycles. The fourth-order valence-electron chi connectivity index (χ4n) is 0.359. The van der Waals surface area contributed by atoms with Gasteiger partial charge in [0.2, 0.25) is 0 Å². The molecule has 0 saturated carbocycles. The molecule has 105 valence electrons. The smallest absolute Gasteiger partial charge is 0.332 e. The molecule has 0 bridgehead atoms. The van der Waals surface area contributed by atoms with Gasteiger partial charge in [0.1, 0.15) is 0 Å². The quantitative estimate of drug-likeness (QED) is 0.459. The van der Waals surface area contributed by atoms with Gasteiger partial charge < -0.3 is 10.4 Å². The van der Waals surface area contributed by atoms with Crippen LogP contribution in [0, 0.1) is 0 Å². The topological polar surface area (TPSA) is 168 Å². The van der Waals surface area contributed by atoms with Crippen molar-refractivity contribution in [1.82, 2.24) is 34.0 Å². The summed E-state index contributed by atoms with van der Waals surface area (Å²) in [6, 6.07) is 0. The molecule has 0 saturated heterocycles. The molecule has 0 atom stereocenters. The lowest BCUT2D eigenvalue weighted by Crippen LogP contribution is -2.13. The first kappa shape index (κ1) is 22.0. The normalized spacial score (nSPS) is 9.56. The van der Waals surface area contributed by atoms with Crippen LogP contribution in [0.15, 0.2) is 11.8 Å². The summed E-state index contributed by atoms with van der Waals surface area (Å²) in [4.78, 5) is 10.1. The van der Waals surface area contributed by atoms with Crippen LogP contribution >= 0.6 is 0 Å². The first-order valence-electron chi connectivity index (χ1n) is 5.38. The van der Waals surface area contributed by atoms with Crippen molar-refractivity contribution in [3.05, 3.63) is 11.8 Å². The number of nitrogens with one attached hydrogen (secondary N) is 6. The predicted octanol–water partition coefficient (Wildman–Crippen LogP) is -1.05. The molecule has 8 nitrogen and oxygen atoms in total. The third-order valence-corrected chi connectivity index (χ3v) is 1.18. The molecule has 5 radical (unpaired) electrons. The molecule has 8 heteroatoms. The molecule has 0 aliphatic heterocycles. The van der Waals surface area contributed by atoms with E-state index in [-0.39, 0.29) is 38.3 Å². The minimum Gasteiger partial charge on any atom is -0.478 e. The number of hydrogen-bond donors (Lipinski definition) is 2. The van der Waals surface area contributed by atoms with Crippen molar-refractivity contribution in [3.63, 3.8) is 0 Å². The molecule has 0 aliphatic rings. The van der Waals surface area contributed by atoms with E-state index < -0.39 is 5.97 Å². The highest BCUT2D eigenvalue weighted by Gasteiger charge is 1.96. The summed E-state index contributed by atoms with van der Waals surface area (Å²) in [6.07, 6.45) is 1.40. The summed E-state index contributed by atoms with van der Waals surface area (Å²) >= 11 is 0. The number of carbonyl (C=O) groups is 1. The Morgan fingerprint density at radius 3 is 1.61 bits per heavy atom. The molecule has 0 amide bonds. The Morgan fingerprint density at radius 1 is 1.00 bits per heavy atom. The second-order valence-electron chi connectivity index (χ2n) is 2.84. The average Bonchev–Trinajstić information content (AvgIpc) is 2.39. The van der Waals surface area contributed by atoms with Gasteiger partial charge in [-0.1, -0.05) is 0 Å². The number of aliphatic carboxylic acids is 1. The van der Waals surface area contributed by atoms with E-state index in [0.29, 0.717) is 6.54 Å². The summed E-state index contributed by atoms with van der Waals surface area (Å²) in [7, 11) is 0. The maximum Gasteiger partial charge on any atom is 0.332 e. The molecule has 0 aliphatic carbocycles. The van der Waals surface area contributed by atoms with E-state index in [1.165, 1.54) is 13.1 Å². The summed E-state index contributed by atoms with van der Waals surface area (Å²) < 4.78 is 0. The second kappa shape index (κ2) is 21.1. The van der Waals surface area contributed by atoms with Crippen molar-refractivity contribution in [3.8, 4) is 0 Å². The van der Waals surface area contributed by atoms with Crippen LogP contribution in [0.2, 0.25) is 0 Å². The molecule has 7 N–H and O–H groups in total.